The number of hydrogen-bond donors (Lipinski definition) is 1. The Labute approximate surface area is 118 Å². The van der Waals surface area contributed by atoms with Crippen LogP contribution in [0.15, 0.2) is 30.3 Å². The van der Waals surface area contributed by atoms with Gasteiger partial charge in [0.15, 0.2) is 0 Å². The second-order valence-electron chi connectivity index (χ2n) is 4.97. The van der Waals surface area contributed by atoms with E-state index in [1.54, 1.807) is 19.2 Å². The predicted octanol–water partition coefficient (Wildman–Crippen LogP) is 3.99. The molecule has 0 heterocycles. The Morgan fingerprint density at radius 1 is 0.950 bits per heavy atom. The van der Waals surface area contributed by atoms with Crippen LogP contribution in [0.2, 0.25) is 0 Å². The van der Waals surface area contributed by atoms with Gasteiger partial charge in [-0.1, -0.05) is 6.07 Å². The van der Waals surface area contributed by atoms with Crippen molar-refractivity contribution >= 4 is 5.97 Å². The van der Waals surface area contributed by atoms with Gasteiger partial charge in [0.05, 0.1) is 12.7 Å². The highest BCUT2D eigenvalue weighted by Gasteiger charge is 2.11. The van der Waals surface area contributed by atoms with Crippen LogP contribution < -0.4 is 4.74 Å². The highest BCUT2D eigenvalue weighted by Crippen LogP contribution is 2.32. The van der Waals surface area contributed by atoms with Gasteiger partial charge in [0.25, 0.3) is 0 Å². The fourth-order valence-corrected chi connectivity index (χ4v) is 2.40. The molecule has 3 nitrogen and oxygen atoms in total. The molecule has 2 aromatic rings. The fourth-order valence-electron chi connectivity index (χ4n) is 2.40. The van der Waals surface area contributed by atoms with Gasteiger partial charge in [-0.15, -0.1) is 0 Å². The van der Waals surface area contributed by atoms with Crippen molar-refractivity contribution in [2.75, 3.05) is 7.11 Å². The summed E-state index contributed by atoms with van der Waals surface area (Å²) in [5, 5.41) is 9.02. The topological polar surface area (TPSA) is 46.5 Å². The van der Waals surface area contributed by atoms with E-state index in [1.165, 1.54) is 0 Å². The molecule has 20 heavy (non-hydrogen) atoms. The summed E-state index contributed by atoms with van der Waals surface area (Å²) >= 11 is 0. The van der Waals surface area contributed by atoms with Gasteiger partial charge in [-0.25, -0.2) is 4.79 Å². The van der Waals surface area contributed by atoms with E-state index >= 15 is 0 Å². The second kappa shape index (κ2) is 5.37. The lowest BCUT2D eigenvalue weighted by atomic mass is 9.93. The number of rotatable bonds is 3. The van der Waals surface area contributed by atoms with Crippen LogP contribution in [0.5, 0.6) is 5.75 Å². The SMILES string of the molecule is COc1cc(C)c(-c2ccc(C(=O)O)cc2C)cc1C. The number of benzene rings is 2. The summed E-state index contributed by atoms with van der Waals surface area (Å²) in [5.41, 5.74) is 5.61. The zero-order valence-electron chi connectivity index (χ0n) is 12.2. The molecule has 0 amide bonds. The van der Waals surface area contributed by atoms with E-state index in [4.69, 9.17) is 9.84 Å². The number of carbonyl (C=O) groups is 1. The largest absolute Gasteiger partial charge is 0.496 e. The van der Waals surface area contributed by atoms with Gasteiger partial charge in [-0.05, 0) is 72.9 Å². The van der Waals surface area contributed by atoms with Gasteiger partial charge >= 0.3 is 5.97 Å². The average molecular weight is 270 g/mol. The van der Waals surface area contributed by atoms with Crippen LogP contribution in [0.25, 0.3) is 11.1 Å². The predicted molar refractivity (Wildman–Crippen MR) is 79.6 cm³/mol. The Balaban J connectivity index is 2.57. The molecule has 2 aromatic carbocycles. The lowest BCUT2D eigenvalue weighted by Crippen LogP contribution is -1.98. The van der Waals surface area contributed by atoms with E-state index in [0.29, 0.717) is 5.56 Å². The molecular weight excluding hydrogens is 252 g/mol. The van der Waals surface area contributed by atoms with Crippen molar-refractivity contribution in [3.63, 3.8) is 0 Å². The molecule has 0 aromatic heterocycles. The molecule has 1 N–H and O–H groups in total. The molecule has 0 saturated carbocycles. The summed E-state index contributed by atoms with van der Waals surface area (Å²) < 4.78 is 5.32. The Morgan fingerprint density at radius 3 is 2.15 bits per heavy atom. The number of ether oxygens (including phenoxy) is 1. The van der Waals surface area contributed by atoms with Gasteiger partial charge in [-0.3, -0.25) is 0 Å². The van der Waals surface area contributed by atoms with E-state index in [0.717, 1.165) is 33.6 Å². The van der Waals surface area contributed by atoms with E-state index in [2.05, 4.69) is 6.07 Å². The van der Waals surface area contributed by atoms with E-state index in [-0.39, 0.29) is 0 Å². The number of aryl methyl sites for hydroxylation is 3. The first kappa shape index (κ1) is 14.1. The molecule has 2 rings (SSSR count). The highest BCUT2D eigenvalue weighted by molar-refractivity contribution is 5.89. The summed E-state index contributed by atoms with van der Waals surface area (Å²) in [6.07, 6.45) is 0. The van der Waals surface area contributed by atoms with Crippen LogP contribution in [-0.4, -0.2) is 18.2 Å². The number of carboxylic acids is 1. The average Bonchev–Trinajstić information content (AvgIpc) is 2.41. The van der Waals surface area contributed by atoms with Crippen LogP contribution in [-0.2, 0) is 0 Å². The summed E-state index contributed by atoms with van der Waals surface area (Å²) in [6, 6.07) is 9.31. The normalized spacial score (nSPS) is 10.4. The van der Waals surface area contributed by atoms with Crippen LogP contribution >= 0.6 is 0 Å². The molecule has 0 fully saturated rings. The minimum atomic E-state index is -0.901. The van der Waals surface area contributed by atoms with Crippen LogP contribution in [0, 0.1) is 20.8 Å². The molecule has 0 unspecified atom stereocenters. The maximum absolute atomic E-state index is 11.0. The number of aromatic carboxylic acids is 1. The van der Waals surface area contributed by atoms with E-state index in [1.807, 2.05) is 32.9 Å². The van der Waals surface area contributed by atoms with Gasteiger partial charge in [0, 0.05) is 0 Å². The Kier molecular flexibility index (Phi) is 3.79. The smallest absolute Gasteiger partial charge is 0.335 e. The summed E-state index contributed by atoms with van der Waals surface area (Å²) in [7, 11) is 1.66. The summed E-state index contributed by atoms with van der Waals surface area (Å²) in [6.45, 7) is 5.96. The van der Waals surface area contributed by atoms with Gasteiger partial charge in [0.1, 0.15) is 5.75 Å². The van der Waals surface area contributed by atoms with Crippen LogP contribution in [0.1, 0.15) is 27.0 Å². The van der Waals surface area contributed by atoms with Crippen LogP contribution in [0.4, 0.5) is 0 Å². The van der Waals surface area contributed by atoms with E-state index < -0.39 is 5.97 Å². The minimum absolute atomic E-state index is 0.314. The van der Waals surface area contributed by atoms with Crippen molar-refractivity contribution < 1.29 is 14.6 Å². The van der Waals surface area contributed by atoms with Crippen molar-refractivity contribution in [1.82, 2.24) is 0 Å². The molecule has 104 valence electrons. The number of carboxylic acid groups (broad SMARTS) is 1. The molecule has 0 saturated heterocycles. The lowest BCUT2D eigenvalue weighted by Gasteiger charge is -2.14. The molecular formula is C17H18O3. The Hall–Kier alpha value is -2.29. The molecule has 0 spiro atoms. The zero-order valence-corrected chi connectivity index (χ0v) is 12.2. The molecule has 0 atom stereocenters. The van der Waals surface area contributed by atoms with Gasteiger partial charge < -0.3 is 9.84 Å². The van der Waals surface area contributed by atoms with Crippen molar-refractivity contribution in [2.45, 2.75) is 20.8 Å². The first-order valence-corrected chi connectivity index (χ1v) is 6.43. The molecule has 0 aliphatic rings. The minimum Gasteiger partial charge on any atom is -0.496 e. The standard InChI is InChI=1S/C17H18O3/c1-10-7-13(17(18)19)5-6-14(10)15-8-12(3)16(20-4)9-11(15)2/h5-9H,1-4H3,(H,18,19). The maximum Gasteiger partial charge on any atom is 0.335 e. The van der Waals surface area contributed by atoms with Gasteiger partial charge in [0.2, 0.25) is 0 Å². The summed E-state index contributed by atoms with van der Waals surface area (Å²) in [5.74, 6) is -0.0339. The Morgan fingerprint density at radius 2 is 1.60 bits per heavy atom. The fraction of sp³-hybridized carbons (Fsp3) is 0.235. The van der Waals surface area contributed by atoms with Crippen molar-refractivity contribution in [2.24, 2.45) is 0 Å². The molecule has 0 aliphatic carbocycles. The quantitative estimate of drug-likeness (QED) is 0.917. The molecule has 3 heteroatoms. The molecule has 0 radical (unpaired) electrons. The van der Waals surface area contributed by atoms with Crippen LogP contribution in [0.3, 0.4) is 0 Å². The highest BCUT2D eigenvalue weighted by atomic mass is 16.5. The first-order chi connectivity index (χ1) is 9.43. The van der Waals surface area contributed by atoms with Crippen molar-refractivity contribution in [1.29, 1.82) is 0 Å². The first-order valence-electron chi connectivity index (χ1n) is 6.43. The third-order valence-corrected chi connectivity index (χ3v) is 3.51. The third kappa shape index (κ3) is 2.52. The number of hydrogen-bond acceptors (Lipinski definition) is 2. The van der Waals surface area contributed by atoms with Crippen molar-refractivity contribution in [3.8, 4) is 16.9 Å². The lowest BCUT2D eigenvalue weighted by molar-refractivity contribution is 0.0697. The summed E-state index contributed by atoms with van der Waals surface area (Å²) in [4.78, 5) is 11.0. The second-order valence-corrected chi connectivity index (χ2v) is 4.97. The number of methoxy groups -OCH3 is 1. The molecule has 0 bridgehead atoms. The zero-order chi connectivity index (χ0) is 14.9. The Bertz CT molecular complexity index is 672. The van der Waals surface area contributed by atoms with Gasteiger partial charge in [-0.2, -0.15) is 0 Å². The molecule has 0 aliphatic heterocycles. The third-order valence-electron chi connectivity index (χ3n) is 3.51. The van der Waals surface area contributed by atoms with Crippen molar-refractivity contribution in [3.05, 3.63) is 52.6 Å². The monoisotopic (exact) mass is 270 g/mol. The van der Waals surface area contributed by atoms with E-state index in [9.17, 15) is 4.79 Å². The maximum atomic E-state index is 11.0.